The summed E-state index contributed by atoms with van der Waals surface area (Å²) in [6.07, 6.45) is 2.14. The van der Waals surface area contributed by atoms with Crippen LogP contribution in [0.1, 0.15) is 0 Å². The lowest BCUT2D eigenvalue weighted by Crippen LogP contribution is -1.74. The Morgan fingerprint density at radius 1 is 1.57 bits per heavy atom. The molecule has 0 atom stereocenters. The summed E-state index contributed by atoms with van der Waals surface area (Å²) in [6, 6.07) is 0. The van der Waals surface area contributed by atoms with Gasteiger partial charge in [-0.25, -0.2) is 4.99 Å². The summed E-state index contributed by atoms with van der Waals surface area (Å²) in [7, 11) is 0. The van der Waals surface area contributed by atoms with Crippen LogP contribution in [0.25, 0.3) is 0 Å². The van der Waals surface area contributed by atoms with Gasteiger partial charge in [0.15, 0.2) is 0 Å². The molecule has 0 aliphatic carbocycles. The molecule has 7 heavy (non-hydrogen) atoms. The molecule has 0 aliphatic rings. The van der Waals surface area contributed by atoms with E-state index < -0.39 is 5.97 Å². The summed E-state index contributed by atoms with van der Waals surface area (Å²) in [5.41, 5.74) is 0. The molecule has 0 unspecified atom stereocenters. The van der Waals surface area contributed by atoms with Crippen molar-refractivity contribution >= 4 is 5.97 Å². The molecule has 0 aromatic rings. The second-order valence-electron chi connectivity index (χ2n) is 0.839. The molecule has 0 bridgehead atoms. The lowest BCUT2D eigenvalue weighted by atomic mass is 10.7. The Morgan fingerprint density at radius 2 is 2.14 bits per heavy atom. The van der Waals surface area contributed by atoms with E-state index in [4.69, 9.17) is 0 Å². The Balaban J connectivity index is 3.72. The summed E-state index contributed by atoms with van der Waals surface area (Å²) < 4.78 is 11.7. The van der Waals surface area contributed by atoms with E-state index >= 15 is 0 Å². The highest BCUT2D eigenvalue weighted by molar-refractivity contribution is 5.86. The minimum absolute atomic E-state index is 0.602. The van der Waals surface area contributed by atoms with Gasteiger partial charge in [0.25, 0.3) is 0 Å². The first-order valence-corrected chi connectivity index (χ1v) is 1.78. The highest BCUT2D eigenvalue weighted by atomic mass is 19.1. The van der Waals surface area contributed by atoms with Crippen molar-refractivity contribution in [3.05, 3.63) is 25.4 Å². The molecule has 2 heteroatoms. The first kappa shape index (κ1) is 6.08. The monoisotopic (exact) mass is 99.0 g/mol. The molecule has 38 valence electrons. The fourth-order valence-corrected chi connectivity index (χ4v) is 0.140. The normalized spacial score (nSPS) is 10.7. The standard InChI is InChI=1S/C5H6FN/c1-3-5(6)7-4-2/h3-4H,1-2H2. The Hall–Kier alpha value is -0.920. The van der Waals surface area contributed by atoms with Crippen molar-refractivity contribution in [2.75, 3.05) is 0 Å². The Morgan fingerprint density at radius 3 is 2.29 bits per heavy atom. The third kappa shape index (κ3) is 2.89. The zero-order valence-electron chi connectivity index (χ0n) is 3.89. The zero-order valence-corrected chi connectivity index (χ0v) is 3.89. The maximum Gasteiger partial charge on any atom is 0.212 e. The van der Waals surface area contributed by atoms with Crippen molar-refractivity contribution in [3.8, 4) is 0 Å². The molecule has 0 saturated carbocycles. The topological polar surface area (TPSA) is 12.4 Å². The quantitative estimate of drug-likeness (QED) is 0.467. The van der Waals surface area contributed by atoms with Crippen molar-refractivity contribution in [1.29, 1.82) is 0 Å². The SMILES string of the molecule is C=CN=C(F)C=C. The van der Waals surface area contributed by atoms with Gasteiger partial charge in [0.05, 0.1) is 0 Å². The molecular weight excluding hydrogens is 93.1 g/mol. The average molecular weight is 99.1 g/mol. The molecule has 0 amide bonds. The van der Waals surface area contributed by atoms with E-state index in [-0.39, 0.29) is 0 Å². The van der Waals surface area contributed by atoms with Gasteiger partial charge in [0.1, 0.15) is 0 Å². The molecule has 0 saturated heterocycles. The lowest BCUT2D eigenvalue weighted by molar-refractivity contribution is 0.813. The van der Waals surface area contributed by atoms with Crippen LogP contribution in [0.3, 0.4) is 0 Å². The van der Waals surface area contributed by atoms with E-state index in [1.54, 1.807) is 0 Å². The van der Waals surface area contributed by atoms with E-state index in [0.717, 1.165) is 12.3 Å². The van der Waals surface area contributed by atoms with Crippen molar-refractivity contribution in [3.63, 3.8) is 0 Å². The average Bonchev–Trinajstić information content (AvgIpc) is 1.68. The lowest BCUT2D eigenvalue weighted by Gasteiger charge is -1.74. The van der Waals surface area contributed by atoms with Gasteiger partial charge in [0, 0.05) is 6.20 Å². The van der Waals surface area contributed by atoms with Crippen LogP contribution in [-0.4, -0.2) is 5.97 Å². The molecule has 0 rings (SSSR count). The summed E-state index contributed by atoms with van der Waals surface area (Å²) in [5.74, 6) is -0.602. The molecule has 0 heterocycles. The second-order valence-corrected chi connectivity index (χ2v) is 0.839. The van der Waals surface area contributed by atoms with Gasteiger partial charge in [0.2, 0.25) is 5.97 Å². The number of aliphatic imine (C=N–C) groups is 1. The van der Waals surface area contributed by atoms with Crippen LogP contribution in [-0.2, 0) is 0 Å². The third-order valence-corrected chi connectivity index (χ3v) is 0.383. The summed E-state index contributed by atoms with van der Waals surface area (Å²) in [4.78, 5) is 3.14. The number of rotatable bonds is 2. The highest BCUT2D eigenvalue weighted by Crippen LogP contribution is 1.79. The van der Waals surface area contributed by atoms with Gasteiger partial charge in [-0.3, -0.25) is 0 Å². The van der Waals surface area contributed by atoms with Crippen LogP contribution >= 0.6 is 0 Å². The molecule has 0 aliphatic heterocycles. The van der Waals surface area contributed by atoms with Crippen LogP contribution in [0.2, 0.25) is 0 Å². The zero-order chi connectivity index (χ0) is 5.70. The Labute approximate surface area is 41.9 Å². The van der Waals surface area contributed by atoms with Crippen molar-refractivity contribution in [2.45, 2.75) is 0 Å². The molecule has 0 spiro atoms. The maximum absolute atomic E-state index is 11.7. The van der Waals surface area contributed by atoms with E-state index in [2.05, 4.69) is 18.2 Å². The molecule has 0 aromatic heterocycles. The van der Waals surface area contributed by atoms with E-state index in [1.807, 2.05) is 0 Å². The number of nitrogens with zero attached hydrogens (tertiary/aromatic N) is 1. The van der Waals surface area contributed by atoms with E-state index in [9.17, 15) is 4.39 Å². The van der Waals surface area contributed by atoms with Gasteiger partial charge in [-0.1, -0.05) is 13.2 Å². The Bertz CT molecular complexity index is 105. The second kappa shape index (κ2) is 3.28. The summed E-state index contributed by atoms with van der Waals surface area (Å²) in [6.45, 7) is 6.30. The van der Waals surface area contributed by atoms with Crippen LogP contribution in [0.15, 0.2) is 30.4 Å². The van der Waals surface area contributed by atoms with E-state index in [0.29, 0.717) is 0 Å². The minimum atomic E-state index is -0.602. The number of halogens is 1. The number of hydrogen-bond acceptors (Lipinski definition) is 1. The highest BCUT2D eigenvalue weighted by Gasteiger charge is 1.77. The largest absolute Gasteiger partial charge is 0.229 e. The summed E-state index contributed by atoms with van der Waals surface area (Å²) in [5, 5.41) is 0. The van der Waals surface area contributed by atoms with Gasteiger partial charge >= 0.3 is 0 Å². The van der Waals surface area contributed by atoms with Crippen LogP contribution in [0, 0.1) is 0 Å². The van der Waals surface area contributed by atoms with Crippen molar-refractivity contribution < 1.29 is 4.39 Å². The Kier molecular flexibility index (Phi) is 2.85. The van der Waals surface area contributed by atoms with Crippen LogP contribution < -0.4 is 0 Å². The minimum Gasteiger partial charge on any atom is -0.229 e. The smallest absolute Gasteiger partial charge is 0.212 e. The van der Waals surface area contributed by atoms with Gasteiger partial charge in [-0.05, 0) is 6.08 Å². The fourth-order valence-electron chi connectivity index (χ4n) is 0.140. The maximum atomic E-state index is 11.7. The van der Waals surface area contributed by atoms with Gasteiger partial charge < -0.3 is 0 Å². The summed E-state index contributed by atoms with van der Waals surface area (Å²) >= 11 is 0. The third-order valence-electron chi connectivity index (χ3n) is 0.383. The molecular formula is C5H6FN. The molecule has 0 aromatic carbocycles. The first-order valence-electron chi connectivity index (χ1n) is 1.78. The fraction of sp³-hybridized carbons (Fsp3) is 0. The molecule has 1 nitrogen and oxygen atoms in total. The predicted octanol–water partition coefficient (Wildman–Crippen LogP) is 1.68. The molecule has 0 fully saturated rings. The van der Waals surface area contributed by atoms with E-state index in [1.165, 1.54) is 0 Å². The van der Waals surface area contributed by atoms with Crippen LogP contribution in [0.4, 0.5) is 4.39 Å². The predicted molar refractivity (Wildman–Crippen MR) is 28.9 cm³/mol. The molecule has 0 N–H and O–H groups in total. The number of hydrogen-bond donors (Lipinski definition) is 0. The van der Waals surface area contributed by atoms with Crippen molar-refractivity contribution in [2.24, 2.45) is 4.99 Å². The van der Waals surface area contributed by atoms with Gasteiger partial charge in [-0.15, -0.1) is 0 Å². The van der Waals surface area contributed by atoms with Crippen molar-refractivity contribution in [1.82, 2.24) is 0 Å². The van der Waals surface area contributed by atoms with Gasteiger partial charge in [-0.2, -0.15) is 4.39 Å². The van der Waals surface area contributed by atoms with Crippen LogP contribution in [0.5, 0.6) is 0 Å². The first-order chi connectivity index (χ1) is 3.31. The molecule has 0 radical (unpaired) electrons. The number of allylic oxidation sites excluding steroid dienone is 1.